The second-order valence-electron chi connectivity index (χ2n) is 5.22. The van der Waals surface area contributed by atoms with Gasteiger partial charge in [-0.1, -0.05) is 66.7 Å². The van der Waals surface area contributed by atoms with Crippen molar-refractivity contribution in [1.82, 2.24) is 0 Å². The van der Waals surface area contributed by atoms with Gasteiger partial charge in [-0.25, -0.2) is 0 Å². The third-order valence-electron chi connectivity index (χ3n) is 3.60. The highest BCUT2D eigenvalue weighted by Crippen LogP contribution is 2.20. The summed E-state index contributed by atoms with van der Waals surface area (Å²) in [6.45, 7) is 0.822. The van der Waals surface area contributed by atoms with Gasteiger partial charge in [-0.15, -0.1) is 0 Å². The molecule has 1 unspecified atom stereocenters. The predicted molar refractivity (Wildman–Crippen MR) is 94.2 cm³/mol. The quantitative estimate of drug-likeness (QED) is 0.670. The minimum absolute atomic E-state index is 0.212. The smallest absolute Gasteiger partial charge is 0.0686 e. The largest absolute Gasteiger partial charge is 0.383 e. The van der Waals surface area contributed by atoms with E-state index in [0.717, 1.165) is 17.9 Å². The Morgan fingerprint density at radius 1 is 0.591 bits per heavy atom. The molecule has 0 aliphatic carbocycles. The maximum atomic E-state index is 3.60. The zero-order valence-electron chi connectivity index (χ0n) is 12.4. The molecule has 1 atom stereocenters. The van der Waals surface area contributed by atoms with Crippen molar-refractivity contribution in [2.75, 3.05) is 17.2 Å². The minimum atomic E-state index is 0.212. The molecular weight excluding hydrogens is 268 g/mol. The molecular formula is C20H20N2. The molecule has 3 aromatic rings. The van der Waals surface area contributed by atoms with E-state index in [1.807, 2.05) is 30.3 Å². The molecule has 2 N–H and O–H groups in total. The zero-order chi connectivity index (χ0) is 15.0. The summed E-state index contributed by atoms with van der Waals surface area (Å²) in [6, 6.07) is 31.4. The first-order chi connectivity index (χ1) is 10.9. The summed E-state index contributed by atoms with van der Waals surface area (Å²) >= 11 is 0. The average molecular weight is 288 g/mol. The van der Waals surface area contributed by atoms with Crippen LogP contribution in [0.5, 0.6) is 0 Å². The molecule has 0 aromatic heterocycles. The van der Waals surface area contributed by atoms with Crippen LogP contribution in [0.25, 0.3) is 0 Å². The summed E-state index contributed by atoms with van der Waals surface area (Å²) in [5, 5.41) is 7.10. The van der Waals surface area contributed by atoms with Gasteiger partial charge < -0.3 is 10.6 Å². The molecule has 0 saturated heterocycles. The first kappa shape index (κ1) is 14.2. The molecule has 22 heavy (non-hydrogen) atoms. The number of hydrogen-bond donors (Lipinski definition) is 2. The lowest BCUT2D eigenvalue weighted by molar-refractivity contribution is 0.821. The lowest BCUT2D eigenvalue weighted by Gasteiger charge is -2.21. The van der Waals surface area contributed by atoms with E-state index in [2.05, 4.69) is 71.3 Å². The number of rotatable bonds is 6. The second kappa shape index (κ2) is 7.32. The van der Waals surface area contributed by atoms with Gasteiger partial charge in [0.1, 0.15) is 0 Å². The Bertz CT molecular complexity index is 666. The lowest BCUT2D eigenvalue weighted by Crippen LogP contribution is -2.20. The van der Waals surface area contributed by atoms with Crippen molar-refractivity contribution >= 4 is 11.4 Å². The maximum absolute atomic E-state index is 3.60. The number of benzene rings is 3. The summed E-state index contributed by atoms with van der Waals surface area (Å²) < 4.78 is 0. The van der Waals surface area contributed by atoms with E-state index in [-0.39, 0.29) is 6.04 Å². The van der Waals surface area contributed by atoms with E-state index in [1.54, 1.807) is 0 Å². The standard InChI is InChI=1S/C20H20N2/c1-4-10-17(11-5-1)20(22-19-14-8-3-9-15-19)16-21-18-12-6-2-7-13-18/h1-15,20-22H,16H2. The second-order valence-corrected chi connectivity index (χ2v) is 5.22. The Kier molecular flexibility index (Phi) is 4.73. The topological polar surface area (TPSA) is 24.1 Å². The molecule has 2 nitrogen and oxygen atoms in total. The number of anilines is 2. The number of hydrogen-bond acceptors (Lipinski definition) is 2. The summed E-state index contributed by atoms with van der Waals surface area (Å²) in [5.41, 5.74) is 3.54. The van der Waals surface area contributed by atoms with Gasteiger partial charge in [-0.05, 0) is 29.8 Å². The Balaban J connectivity index is 1.74. The maximum Gasteiger partial charge on any atom is 0.0686 e. The van der Waals surface area contributed by atoms with Crippen LogP contribution in [-0.4, -0.2) is 6.54 Å². The fourth-order valence-corrected chi connectivity index (χ4v) is 2.45. The normalized spacial score (nSPS) is 11.6. The Hall–Kier alpha value is -2.74. The number of para-hydroxylation sites is 2. The van der Waals surface area contributed by atoms with Crippen LogP contribution in [0.4, 0.5) is 11.4 Å². The van der Waals surface area contributed by atoms with Crippen molar-refractivity contribution in [1.29, 1.82) is 0 Å². The van der Waals surface area contributed by atoms with Gasteiger partial charge in [0.15, 0.2) is 0 Å². The molecule has 3 rings (SSSR count). The highest BCUT2D eigenvalue weighted by Gasteiger charge is 2.10. The van der Waals surface area contributed by atoms with E-state index < -0.39 is 0 Å². The Labute approximate surface area is 131 Å². The molecule has 0 radical (unpaired) electrons. The molecule has 3 aromatic carbocycles. The van der Waals surface area contributed by atoms with E-state index in [0.29, 0.717) is 0 Å². The molecule has 0 aliphatic rings. The van der Waals surface area contributed by atoms with Crippen molar-refractivity contribution in [2.24, 2.45) is 0 Å². The van der Waals surface area contributed by atoms with Gasteiger partial charge in [0.2, 0.25) is 0 Å². The molecule has 0 aliphatic heterocycles. The molecule has 0 spiro atoms. The first-order valence-corrected chi connectivity index (χ1v) is 7.57. The number of nitrogens with one attached hydrogen (secondary N) is 2. The van der Waals surface area contributed by atoms with Crippen LogP contribution in [-0.2, 0) is 0 Å². The molecule has 0 fully saturated rings. The first-order valence-electron chi connectivity index (χ1n) is 7.57. The molecule has 2 heteroatoms. The van der Waals surface area contributed by atoms with Gasteiger partial charge in [0.25, 0.3) is 0 Å². The molecule has 0 amide bonds. The Morgan fingerprint density at radius 2 is 1.09 bits per heavy atom. The van der Waals surface area contributed by atoms with Gasteiger partial charge in [-0.2, -0.15) is 0 Å². The highest BCUT2D eigenvalue weighted by molar-refractivity contribution is 5.47. The molecule has 0 saturated carbocycles. The van der Waals surface area contributed by atoms with Crippen molar-refractivity contribution in [2.45, 2.75) is 6.04 Å². The van der Waals surface area contributed by atoms with Crippen molar-refractivity contribution in [3.8, 4) is 0 Å². The van der Waals surface area contributed by atoms with E-state index in [9.17, 15) is 0 Å². The van der Waals surface area contributed by atoms with Crippen LogP contribution in [0.1, 0.15) is 11.6 Å². The van der Waals surface area contributed by atoms with Crippen molar-refractivity contribution in [3.05, 3.63) is 96.6 Å². The summed E-state index contributed by atoms with van der Waals surface area (Å²) in [7, 11) is 0. The van der Waals surface area contributed by atoms with Gasteiger partial charge in [-0.3, -0.25) is 0 Å². The van der Waals surface area contributed by atoms with E-state index in [4.69, 9.17) is 0 Å². The van der Waals surface area contributed by atoms with E-state index in [1.165, 1.54) is 5.56 Å². The van der Waals surface area contributed by atoms with Crippen molar-refractivity contribution < 1.29 is 0 Å². The van der Waals surface area contributed by atoms with Crippen LogP contribution in [0, 0.1) is 0 Å². The summed E-state index contributed by atoms with van der Waals surface area (Å²) in [5.74, 6) is 0. The fraction of sp³-hybridized carbons (Fsp3) is 0.100. The predicted octanol–water partition coefficient (Wildman–Crippen LogP) is 4.95. The fourth-order valence-electron chi connectivity index (χ4n) is 2.45. The molecule has 110 valence electrons. The summed E-state index contributed by atoms with van der Waals surface area (Å²) in [4.78, 5) is 0. The highest BCUT2D eigenvalue weighted by atomic mass is 15.0. The summed E-state index contributed by atoms with van der Waals surface area (Å²) in [6.07, 6.45) is 0. The Morgan fingerprint density at radius 3 is 1.68 bits per heavy atom. The van der Waals surface area contributed by atoms with Crippen LogP contribution < -0.4 is 10.6 Å². The van der Waals surface area contributed by atoms with Gasteiger partial charge in [0.05, 0.1) is 6.04 Å². The molecule has 0 bridgehead atoms. The minimum Gasteiger partial charge on any atom is -0.383 e. The third kappa shape index (κ3) is 3.89. The van der Waals surface area contributed by atoms with Crippen LogP contribution in [0.15, 0.2) is 91.0 Å². The lowest BCUT2D eigenvalue weighted by atomic mass is 10.1. The van der Waals surface area contributed by atoms with Gasteiger partial charge >= 0.3 is 0 Å². The molecule has 0 heterocycles. The van der Waals surface area contributed by atoms with Crippen LogP contribution >= 0.6 is 0 Å². The SMILES string of the molecule is c1ccc(NCC(Nc2ccccc2)c2ccccc2)cc1. The third-order valence-corrected chi connectivity index (χ3v) is 3.60. The van der Waals surface area contributed by atoms with Crippen LogP contribution in [0.2, 0.25) is 0 Å². The van der Waals surface area contributed by atoms with E-state index >= 15 is 0 Å². The van der Waals surface area contributed by atoms with Gasteiger partial charge in [0, 0.05) is 17.9 Å². The van der Waals surface area contributed by atoms with Crippen molar-refractivity contribution in [3.63, 3.8) is 0 Å². The average Bonchev–Trinajstić information content (AvgIpc) is 2.61. The zero-order valence-corrected chi connectivity index (χ0v) is 12.4. The monoisotopic (exact) mass is 288 g/mol. The van der Waals surface area contributed by atoms with Crippen LogP contribution in [0.3, 0.4) is 0 Å².